The first-order valence-electron chi connectivity index (χ1n) is 8.64. The number of fused-ring (bicyclic) bond motifs is 4. The van der Waals surface area contributed by atoms with Gasteiger partial charge in [-0.15, -0.1) is 11.3 Å². The molecule has 27 heavy (non-hydrogen) atoms. The van der Waals surface area contributed by atoms with Gasteiger partial charge in [-0.25, -0.2) is 15.0 Å². The van der Waals surface area contributed by atoms with Gasteiger partial charge >= 0.3 is 0 Å². The van der Waals surface area contributed by atoms with E-state index in [1.807, 2.05) is 19.1 Å². The number of aryl methyl sites for hydroxylation is 1. The van der Waals surface area contributed by atoms with Crippen LogP contribution in [0.4, 0.5) is 0 Å². The molecule has 5 nitrogen and oxygen atoms in total. The molecule has 0 spiro atoms. The molecule has 0 amide bonds. The topological polar surface area (TPSA) is 57.1 Å². The van der Waals surface area contributed by atoms with Gasteiger partial charge in [-0.2, -0.15) is 0 Å². The highest BCUT2D eigenvalue weighted by molar-refractivity contribution is 7.22. The Morgan fingerprint density at radius 2 is 2.07 bits per heavy atom. The Morgan fingerprint density at radius 3 is 2.89 bits per heavy atom. The van der Waals surface area contributed by atoms with Gasteiger partial charge in [0.05, 0.1) is 34.1 Å². The minimum atomic E-state index is 0.158. The van der Waals surface area contributed by atoms with Crippen molar-refractivity contribution >= 4 is 44.2 Å². The van der Waals surface area contributed by atoms with E-state index >= 15 is 0 Å². The van der Waals surface area contributed by atoms with Gasteiger partial charge in [-0.1, -0.05) is 11.6 Å². The molecule has 136 valence electrons. The minimum absolute atomic E-state index is 0.158. The van der Waals surface area contributed by atoms with Crippen molar-refractivity contribution in [1.82, 2.24) is 15.0 Å². The number of methoxy groups -OCH3 is 1. The molecule has 3 heterocycles. The van der Waals surface area contributed by atoms with Crippen molar-refractivity contribution in [3.05, 3.63) is 40.5 Å². The number of hydrogen-bond donors (Lipinski definition) is 0. The molecular weight excluding hydrogens is 382 g/mol. The van der Waals surface area contributed by atoms with Crippen LogP contribution < -0.4 is 9.47 Å². The van der Waals surface area contributed by atoms with E-state index in [9.17, 15) is 0 Å². The van der Waals surface area contributed by atoms with Crippen LogP contribution in [0.15, 0.2) is 24.4 Å². The Hall–Kier alpha value is -2.44. The molecule has 5 rings (SSSR count). The van der Waals surface area contributed by atoms with Crippen LogP contribution in [0.5, 0.6) is 11.6 Å². The molecule has 0 N–H and O–H groups in total. The number of hydrogen-bond acceptors (Lipinski definition) is 6. The summed E-state index contributed by atoms with van der Waals surface area (Å²) in [6, 6.07) is 5.97. The zero-order valence-electron chi connectivity index (χ0n) is 15.0. The Bertz CT molecular complexity index is 1220. The van der Waals surface area contributed by atoms with Crippen LogP contribution >= 0.6 is 22.9 Å². The van der Waals surface area contributed by atoms with E-state index < -0.39 is 0 Å². The van der Waals surface area contributed by atoms with Crippen molar-refractivity contribution in [3.63, 3.8) is 0 Å². The largest absolute Gasteiger partial charge is 0.490 e. The predicted molar refractivity (Wildman–Crippen MR) is 108 cm³/mol. The molecule has 7 heteroatoms. The summed E-state index contributed by atoms with van der Waals surface area (Å²) >= 11 is 8.13. The Morgan fingerprint density at radius 1 is 1.22 bits per heavy atom. The third-order valence-corrected chi connectivity index (χ3v) is 6.15. The quantitative estimate of drug-likeness (QED) is 0.465. The second-order valence-electron chi connectivity index (χ2n) is 6.76. The lowest BCUT2D eigenvalue weighted by Gasteiger charge is -2.06. The van der Waals surface area contributed by atoms with Crippen molar-refractivity contribution in [3.8, 4) is 22.2 Å². The molecular formula is C20H16ClN3O2S. The van der Waals surface area contributed by atoms with Crippen molar-refractivity contribution in [2.24, 2.45) is 0 Å². The average molecular weight is 398 g/mol. The monoisotopic (exact) mass is 397 g/mol. The second kappa shape index (κ2) is 6.04. The van der Waals surface area contributed by atoms with Gasteiger partial charge in [0.25, 0.3) is 0 Å². The highest BCUT2D eigenvalue weighted by Gasteiger charge is 2.26. The lowest BCUT2D eigenvalue weighted by atomic mass is 10.1. The van der Waals surface area contributed by atoms with E-state index in [-0.39, 0.29) is 6.10 Å². The first-order valence-corrected chi connectivity index (χ1v) is 9.83. The summed E-state index contributed by atoms with van der Waals surface area (Å²) in [5, 5.41) is 1.50. The van der Waals surface area contributed by atoms with Gasteiger partial charge in [-0.3, -0.25) is 0 Å². The number of nitrogens with zero attached hydrogens (tertiary/aromatic N) is 3. The lowest BCUT2D eigenvalue weighted by Crippen LogP contribution is -2.05. The van der Waals surface area contributed by atoms with Crippen LogP contribution in [0.25, 0.3) is 31.8 Å². The van der Waals surface area contributed by atoms with Gasteiger partial charge in [-0.05, 0) is 31.5 Å². The van der Waals surface area contributed by atoms with Crippen molar-refractivity contribution in [2.75, 3.05) is 7.11 Å². The number of halogens is 1. The summed E-state index contributed by atoms with van der Waals surface area (Å²) in [6.45, 7) is 4.11. The summed E-state index contributed by atoms with van der Waals surface area (Å²) < 4.78 is 12.2. The molecule has 2 aromatic carbocycles. The van der Waals surface area contributed by atoms with Crippen LogP contribution in [0.1, 0.15) is 18.1 Å². The van der Waals surface area contributed by atoms with E-state index in [0.29, 0.717) is 10.9 Å². The smallest absolute Gasteiger partial charge is 0.232 e. The maximum Gasteiger partial charge on any atom is 0.232 e. The van der Waals surface area contributed by atoms with Crippen LogP contribution in [0.3, 0.4) is 0 Å². The SMILES string of the molecule is COc1cnc2c(-c3nc4c(Cl)cc5c(c4s3)C[C@@H](C)O5)cc(C)cc2n1. The zero-order valence-corrected chi connectivity index (χ0v) is 16.6. The molecule has 0 radical (unpaired) electrons. The van der Waals surface area contributed by atoms with E-state index in [1.54, 1.807) is 24.6 Å². The Balaban J connectivity index is 1.77. The third-order valence-electron chi connectivity index (χ3n) is 4.71. The Labute approximate surface area is 165 Å². The summed E-state index contributed by atoms with van der Waals surface area (Å²) in [7, 11) is 1.59. The molecule has 0 saturated heterocycles. The number of benzene rings is 2. The maximum absolute atomic E-state index is 6.50. The molecule has 0 bridgehead atoms. The minimum Gasteiger partial charge on any atom is -0.490 e. The third kappa shape index (κ3) is 2.63. The van der Waals surface area contributed by atoms with Crippen molar-refractivity contribution in [2.45, 2.75) is 26.4 Å². The van der Waals surface area contributed by atoms with Crippen molar-refractivity contribution in [1.29, 1.82) is 0 Å². The lowest BCUT2D eigenvalue weighted by molar-refractivity contribution is 0.254. The first kappa shape index (κ1) is 16.7. The molecule has 1 atom stereocenters. The van der Waals surface area contributed by atoms with Crippen LogP contribution in [0.2, 0.25) is 5.02 Å². The zero-order chi connectivity index (χ0) is 18.7. The fourth-order valence-corrected chi connectivity index (χ4v) is 4.98. The summed E-state index contributed by atoms with van der Waals surface area (Å²) in [6.07, 6.45) is 2.66. The summed E-state index contributed by atoms with van der Waals surface area (Å²) in [5.74, 6) is 1.36. The van der Waals surface area contributed by atoms with Gasteiger partial charge in [0.15, 0.2) is 0 Å². The van der Waals surface area contributed by atoms with Crippen LogP contribution in [-0.4, -0.2) is 28.2 Å². The van der Waals surface area contributed by atoms with Crippen LogP contribution in [-0.2, 0) is 6.42 Å². The number of thiazole rings is 1. The van der Waals surface area contributed by atoms with E-state index in [1.165, 1.54) is 5.56 Å². The van der Waals surface area contributed by atoms with Gasteiger partial charge in [0.2, 0.25) is 5.88 Å². The number of rotatable bonds is 2. The highest BCUT2D eigenvalue weighted by atomic mass is 35.5. The maximum atomic E-state index is 6.50. The molecule has 4 aromatic rings. The second-order valence-corrected chi connectivity index (χ2v) is 8.16. The molecule has 1 aliphatic rings. The summed E-state index contributed by atoms with van der Waals surface area (Å²) in [5.41, 5.74) is 5.65. The highest BCUT2D eigenvalue weighted by Crippen LogP contribution is 2.44. The average Bonchev–Trinajstić information content (AvgIpc) is 3.24. The first-order chi connectivity index (χ1) is 13.0. The molecule has 1 aliphatic heterocycles. The number of aromatic nitrogens is 3. The predicted octanol–water partition coefficient (Wildman–Crippen LogP) is 5.20. The van der Waals surface area contributed by atoms with Gasteiger partial charge in [0, 0.05) is 23.6 Å². The number of ether oxygens (including phenoxy) is 2. The van der Waals surface area contributed by atoms with E-state index in [2.05, 4.69) is 23.0 Å². The van der Waals surface area contributed by atoms with Crippen molar-refractivity contribution < 1.29 is 9.47 Å². The molecule has 0 unspecified atom stereocenters. The van der Waals surface area contributed by atoms with E-state index in [4.69, 9.17) is 26.1 Å². The molecule has 2 aromatic heterocycles. The molecule has 0 aliphatic carbocycles. The normalized spacial score (nSPS) is 15.9. The standard InChI is InChI=1S/C20H16ClN3O2S/c1-9-4-12(17-14(5-9)23-16(25-3)8-22-17)20-24-18-13(21)7-15-11(19(18)27-20)6-10(2)26-15/h4-5,7-8,10H,6H2,1-3H3/t10-/m1/s1. The van der Waals surface area contributed by atoms with Gasteiger partial charge in [0.1, 0.15) is 22.4 Å². The summed E-state index contributed by atoms with van der Waals surface area (Å²) in [4.78, 5) is 13.9. The molecule has 0 saturated carbocycles. The van der Waals surface area contributed by atoms with E-state index in [0.717, 1.165) is 49.6 Å². The molecule has 0 fully saturated rings. The van der Waals surface area contributed by atoms with Crippen LogP contribution in [0, 0.1) is 6.92 Å². The van der Waals surface area contributed by atoms with Gasteiger partial charge < -0.3 is 9.47 Å². The Kier molecular flexibility index (Phi) is 3.74. The fourth-order valence-electron chi connectivity index (χ4n) is 3.54. The fraction of sp³-hybridized carbons (Fsp3) is 0.250.